The van der Waals surface area contributed by atoms with E-state index < -0.39 is 11.6 Å². The summed E-state index contributed by atoms with van der Waals surface area (Å²) in [5, 5.41) is 6.48. The molecule has 7 heteroatoms. The third kappa shape index (κ3) is 6.69. The van der Waals surface area contributed by atoms with Crippen LogP contribution in [-0.4, -0.2) is 44.1 Å². The third-order valence-corrected chi connectivity index (χ3v) is 4.73. The molecule has 0 spiro atoms. The van der Waals surface area contributed by atoms with Crippen LogP contribution in [0.3, 0.4) is 0 Å². The molecule has 0 bridgehead atoms. The first-order valence-corrected chi connectivity index (χ1v) is 8.63. The Morgan fingerprint density at radius 1 is 1.28 bits per heavy atom. The second kappa shape index (κ2) is 10.9. The highest BCUT2D eigenvalue weighted by Gasteiger charge is 2.19. The Morgan fingerprint density at radius 2 is 1.96 bits per heavy atom. The van der Waals surface area contributed by atoms with Gasteiger partial charge in [-0.05, 0) is 44.5 Å². The largest absolute Gasteiger partial charge is 0.355 e. The Labute approximate surface area is 166 Å². The average molecular weight is 466 g/mol. The maximum atomic E-state index is 13.3. The van der Waals surface area contributed by atoms with Gasteiger partial charge in [0.15, 0.2) is 17.6 Å². The Balaban J connectivity index is 0.00000312. The Hall–Kier alpha value is -0.960. The summed E-state index contributed by atoms with van der Waals surface area (Å²) < 4.78 is 26.4. The van der Waals surface area contributed by atoms with Gasteiger partial charge >= 0.3 is 0 Å². The lowest BCUT2D eigenvalue weighted by Gasteiger charge is -2.25. The van der Waals surface area contributed by atoms with E-state index in [1.165, 1.54) is 31.7 Å². The number of aliphatic imine (C=N–C) groups is 1. The first-order valence-electron chi connectivity index (χ1n) is 8.63. The zero-order valence-corrected chi connectivity index (χ0v) is 17.5. The summed E-state index contributed by atoms with van der Waals surface area (Å²) in [5.74, 6) is -1.00. The molecule has 2 rings (SSSR count). The number of hydrogen-bond acceptors (Lipinski definition) is 2. The van der Waals surface area contributed by atoms with Crippen LogP contribution < -0.4 is 10.6 Å². The van der Waals surface area contributed by atoms with Crippen LogP contribution in [0, 0.1) is 11.6 Å². The van der Waals surface area contributed by atoms with E-state index in [9.17, 15) is 8.78 Å². The molecule has 2 N–H and O–H groups in total. The van der Waals surface area contributed by atoms with Crippen molar-refractivity contribution in [3.8, 4) is 0 Å². The molecule has 1 aliphatic carbocycles. The lowest BCUT2D eigenvalue weighted by molar-refractivity contribution is 0.249. The molecule has 1 unspecified atom stereocenters. The van der Waals surface area contributed by atoms with Crippen LogP contribution in [0.4, 0.5) is 8.78 Å². The van der Waals surface area contributed by atoms with Gasteiger partial charge in [-0.25, -0.2) is 8.78 Å². The minimum atomic E-state index is -0.831. The van der Waals surface area contributed by atoms with E-state index in [4.69, 9.17) is 0 Å². The minimum Gasteiger partial charge on any atom is -0.355 e. The maximum Gasteiger partial charge on any atom is 0.191 e. The van der Waals surface area contributed by atoms with E-state index in [-0.39, 0.29) is 30.0 Å². The van der Waals surface area contributed by atoms with Crippen molar-refractivity contribution in [3.05, 3.63) is 35.4 Å². The van der Waals surface area contributed by atoms with Gasteiger partial charge in [-0.15, -0.1) is 24.0 Å². The molecule has 142 valence electrons. The molecule has 1 fully saturated rings. The smallest absolute Gasteiger partial charge is 0.191 e. The van der Waals surface area contributed by atoms with Crippen LogP contribution in [0.15, 0.2) is 23.2 Å². The molecule has 0 amide bonds. The highest BCUT2D eigenvalue weighted by atomic mass is 127. The molecule has 1 aromatic rings. The van der Waals surface area contributed by atoms with Gasteiger partial charge in [-0.1, -0.05) is 18.9 Å². The molecule has 0 saturated heterocycles. The fourth-order valence-corrected chi connectivity index (χ4v) is 3.14. The fourth-order valence-electron chi connectivity index (χ4n) is 3.14. The molecular weight excluding hydrogens is 437 g/mol. The molecule has 1 aliphatic rings. The molecule has 25 heavy (non-hydrogen) atoms. The van der Waals surface area contributed by atoms with Crippen LogP contribution >= 0.6 is 24.0 Å². The van der Waals surface area contributed by atoms with E-state index in [0.29, 0.717) is 17.6 Å². The molecule has 0 aliphatic heterocycles. The summed E-state index contributed by atoms with van der Waals surface area (Å²) >= 11 is 0. The number of likely N-dealkylation sites (N-methyl/N-ethyl adjacent to an activating group) is 1. The van der Waals surface area contributed by atoms with Crippen LogP contribution in [0.1, 0.15) is 44.2 Å². The number of hydrogen-bond donors (Lipinski definition) is 2. The fraction of sp³-hybridized carbons (Fsp3) is 0.611. The van der Waals surface area contributed by atoms with Gasteiger partial charge in [0.25, 0.3) is 0 Å². The second-order valence-electron chi connectivity index (χ2n) is 6.46. The predicted molar refractivity (Wildman–Crippen MR) is 110 cm³/mol. The van der Waals surface area contributed by atoms with Gasteiger partial charge in [0.05, 0.1) is 6.04 Å². The monoisotopic (exact) mass is 466 g/mol. The van der Waals surface area contributed by atoms with E-state index in [1.807, 2.05) is 6.92 Å². The summed E-state index contributed by atoms with van der Waals surface area (Å²) in [4.78, 5) is 6.59. The number of nitrogens with one attached hydrogen (secondary N) is 2. The van der Waals surface area contributed by atoms with Crippen LogP contribution in [0.2, 0.25) is 0 Å². The zero-order valence-electron chi connectivity index (χ0n) is 15.2. The van der Waals surface area contributed by atoms with Crippen molar-refractivity contribution in [2.75, 3.05) is 27.2 Å². The molecule has 0 radical (unpaired) electrons. The summed E-state index contributed by atoms with van der Waals surface area (Å²) in [6.45, 7) is 3.63. The number of rotatable bonds is 6. The number of halogens is 3. The van der Waals surface area contributed by atoms with Crippen LogP contribution in [0.25, 0.3) is 0 Å². The predicted octanol–water partition coefficient (Wildman–Crippen LogP) is 3.68. The Kier molecular flexibility index (Phi) is 9.63. The Morgan fingerprint density at radius 3 is 2.56 bits per heavy atom. The second-order valence-corrected chi connectivity index (χ2v) is 6.46. The van der Waals surface area contributed by atoms with Crippen molar-refractivity contribution in [2.24, 2.45) is 4.99 Å². The van der Waals surface area contributed by atoms with Gasteiger partial charge in [0.1, 0.15) is 0 Å². The van der Waals surface area contributed by atoms with Gasteiger partial charge in [-0.2, -0.15) is 0 Å². The molecule has 1 aromatic carbocycles. The normalized spacial score (nSPS) is 16.6. The number of benzene rings is 1. The molecule has 0 heterocycles. The zero-order chi connectivity index (χ0) is 17.5. The van der Waals surface area contributed by atoms with Crippen molar-refractivity contribution in [2.45, 2.75) is 44.7 Å². The quantitative estimate of drug-likeness (QED) is 0.382. The molecule has 1 saturated carbocycles. The van der Waals surface area contributed by atoms with E-state index >= 15 is 0 Å². The van der Waals surface area contributed by atoms with Crippen molar-refractivity contribution >= 4 is 29.9 Å². The molecule has 1 atom stereocenters. The highest BCUT2D eigenvalue weighted by Crippen LogP contribution is 2.21. The average Bonchev–Trinajstić information content (AvgIpc) is 3.10. The Bertz CT molecular complexity index is 562. The number of guanidine groups is 1. The topological polar surface area (TPSA) is 39.7 Å². The summed E-state index contributed by atoms with van der Waals surface area (Å²) in [7, 11) is 3.87. The summed E-state index contributed by atoms with van der Waals surface area (Å²) in [6, 6.07) is 4.47. The molecule has 0 aromatic heterocycles. The van der Waals surface area contributed by atoms with Gasteiger partial charge in [0, 0.05) is 26.2 Å². The summed E-state index contributed by atoms with van der Waals surface area (Å²) in [5.41, 5.74) is 0.680. The molecule has 4 nitrogen and oxygen atoms in total. The summed E-state index contributed by atoms with van der Waals surface area (Å²) in [6.07, 6.45) is 5.24. The lowest BCUT2D eigenvalue weighted by atomic mass is 10.1. The van der Waals surface area contributed by atoms with Crippen molar-refractivity contribution < 1.29 is 8.78 Å². The lowest BCUT2D eigenvalue weighted by Crippen LogP contribution is -2.43. The standard InChI is InChI=1S/C18H28F2N4.HI/c1-13(14-8-9-16(19)17(20)12-14)23-18(21-2)22-10-11-24(3)15-6-4-5-7-15;/h8-9,12-13,15H,4-7,10-11H2,1-3H3,(H2,21,22,23);1H. The van der Waals surface area contributed by atoms with Crippen molar-refractivity contribution in [3.63, 3.8) is 0 Å². The maximum absolute atomic E-state index is 13.3. The van der Waals surface area contributed by atoms with E-state index in [2.05, 4.69) is 27.6 Å². The first-order chi connectivity index (χ1) is 11.5. The van der Waals surface area contributed by atoms with E-state index in [0.717, 1.165) is 19.2 Å². The SMILES string of the molecule is CN=C(NCCN(C)C1CCCC1)NC(C)c1ccc(F)c(F)c1.I. The van der Waals surface area contributed by atoms with Crippen molar-refractivity contribution in [1.82, 2.24) is 15.5 Å². The molecular formula is C18H29F2IN4. The number of nitrogens with zero attached hydrogens (tertiary/aromatic N) is 2. The first kappa shape index (κ1) is 22.1. The van der Waals surface area contributed by atoms with Gasteiger partial charge in [0.2, 0.25) is 0 Å². The van der Waals surface area contributed by atoms with Gasteiger partial charge in [-0.3, -0.25) is 4.99 Å². The van der Waals surface area contributed by atoms with Crippen LogP contribution in [-0.2, 0) is 0 Å². The van der Waals surface area contributed by atoms with E-state index in [1.54, 1.807) is 13.1 Å². The third-order valence-electron chi connectivity index (χ3n) is 4.73. The highest BCUT2D eigenvalue weighted by molar-refractivity contribution is 14.0. The van der Waals surface area contributed by atoms with Crippen LogP contribution in [0.5, 0.6) is 0 Å². The van der Waals surface area contributed by atoms with Gasteiger partial charge < -0.3 is 15.5 Å². The van der Waals surface area contributed by atoms with Crippen molar-refractivity contribution in [1.29, 1.82) is 0 Å². The minimum absolute atomic E-state index is 0.